The summed E-state index contributed by atoms with van der Waals surface area (Å²) >= 11 is 0. The lowest BCUT2D eigenvalue weighted by Crippen LogP contribution is -2.54. The minimum atomic E-state index is -1.18. The maximum Gasteiger partial charge on any atom is 0.266 e. The minimum absolute atomic E-state index is 0.0806. The number of para-hydroxylation sites is 1. The minimum Gasteiger partial charge on any atom is -0.496 e. The van der Waals surface area contributed by atoms with Crippen LogP contribution in [0.25, 0.3) is 6.08 Å². The molecule has 0 unspecified atom stereocenters. The van der Waals surface area contributed by atoms with E-state index in [1.54, 1.807) is 7.11 Å². The van der Waals surface area contributed by atoms with Crippen LogP contribution in [0.15, 0.2) is 89.9 Å². The molecule has 3 aromatic rings. The number of hydrazine groups is 1. The number of carbonyl (C=O) groups is 1. The highest BCUT2D eigenvalue weighted by atomic mass is 16.5. The van der Waals surface area contributed by atoms with Crippen molar-refractivity contribution in [3.05, 3.63) is 102 Å². The largest absolute Gasteiger partial charge is 0.496 e. The fraction of sp³-hybridized carbons (Fsp3) is 0.290. The zero-order valence-corrected chi connectivity index (χ0v) is 22.3. The monoisotopic (exact) mass is 529 g/mol. The molecule has 0 fully saturated rings. The highest BCUT2D eigenvalue weighted by Crippen LogP contribution is 2.33. The molecule has 39 heavy (non-hydrogen) atoms. The zero-order chi connectivity index (χ0) is 27.5. The number of methoxy groups -OCH3 is 1. The second-order valence-electron chi connectivity index (χ2n) is 9.19. The van der Waals surface area contributed by atoms with Gasteiger partial charge in [0.25, 0.3) is 5.91 Å². The van der Waals surface area contributed by atoms with Crippen LogP contribution in [0.1, 0.15) is 36.5 Å². The Bertz CT molecular complexity index is 1280. The topological polar surface area (TPSA) is 101 Å². The first kappa shape index (κ1) is 27.9. The fourth-order valence-corrected chi connectivity index (χ4v) is 4.30. The van der Waals surface area contributed by atoms with E-state index in [2.05, 4.69) is 10.9 Å². The van der Waals surface area contributed by atoms with E-state index in [0.29, 0.717) is 37.6 Å². The molecule has 0 saturated carbocycles. The zero-order valence-electron chi connectivity index (χ0n) is 22.3. The number of aliphatic hydroxyl groups is 1. The van der Waals surface area contributed by atoms with Gasteiger partial charge in [0.05, 0.1) is 13.7 Å². The van der Waals surface area contributed by atoms with Crippen molar-refractivity contribution < 1.29 is 24.1 Å². The van der Waals surface area contributed by atoms with Crippen molar-refractivity contribution in [1.82, 2.24) is 10.9 Å². The number of amides is 1. The van der Waals surface area contributed by atoms with E-state index in [9.17, 15) is 4.79 Å². The van der Waals surface area contributed by atoms with Crippen LogP contribution in [0.4, 0.5) is 0 Å². The van der Waals surface area contributed by atoms with Gasteiger partial charge in [0, 0.05) is 37.1 Å². The molecule has 3 aromatic carbocycles. The van der Waals surface area contributed by atoms with E-state index in [4.69, 9.17) is 24.3 Å². The summed E-state index contributed by atoms with van der Waals surface area (Å²) in [7, 11) is 1.62. The first-order valence-corrected chi connectivity index (χ1v) is 13.0. The Labute approximate surface area is 229 Å². The van der Waals surface area contributed by atoms with Gasteiger partial charge in [-0.15, -0.1) is 0 Å². The van der Waals surface area contributed by atoms with Crippen LogP contribution in [-0.4, -0.2) is 48.9 Å². The number of hydrogen-bond donors (Lipinski definition) is 3. The molecule has 1 heterocycles. The maximum absolute atomic E-state index is 13.7. The molecule has 0 aliphatic carbocycles. The van der Waals surface area contributed by atoms with Crippen LogP contribution in [0.5, 0.6) is 11.5 Å². The van der Waals surface area contributed by atoms with E-state index in [1.165, 1.54) is 0 Å². The number of aliphatic imine (C=N–C) groups is 1. The van der Waals surface area contributed by atoms with Gasteiger partial charge in [-0.2, -0.15) is 0 Å². The molecular formula is C31H35N3O5. The smallest absolute Gasteiger partial charge is 0.266 e. The fourth-order valence-electron chi connectivity index (χ4n) is 4.30. The van der Waals surface area contributed by atoms with Crippen molar-refractivity contribution in [3.63, 3.8) is 0 Å². The third-order valence-electron chi connectivity index (χ3n) is 6.54. The lowest BCUT2D eigenvalue weighted by atomic mass is 9.89. The number of rotatable bonds is 13. The molecule has 0 radical (unpaired) electrons. The van der Waals surface area contributed by atoms with E-state index < -0.39 is 11.6 Å². The van der Waals surface area contributed by atoms with Crippen molar-refractivity contribution in [2.24, 2.45) is 4.99 Å². The number of benzene rings is 3. The molecule has 1 amide bonds. The van der Waals surface area contributed by atoms with E-state index in [0.717, 1.165) is 22.4 Å². The molecule has 0 spiro atoms. The first-order valence-electron chi connectivity index (χ1n) is 13.0. The number of aliphatic hydroxyl groups excluding tert-OH is 1. The van der Waals surface area contributed by atoms with Crippen LogP contribution in [0.2, 0.25) is 0 Å². The van der Waals surface area contributed by atoms with Crippen molar-refractivity contribution in [2.45, 2.75) is 38.0 Å². The van der Waals surface area contributed by atoms with Gasteiger partial charge in [-0.05, 0) is 42.8 Å². The third kappa shape index (κ3) is 7.04. The Kier molecular flexibility index (Phi) is 9.72. The van der Waals surface area contributed by atoms with Crippen molar-refractivity contribution in [3.8, 4) is 11.5 Å². The van der Waals surface area contributed by atoms with Gasteiger partial charge in [-0.25, -0.2) is 10.4 Å². The summed E-state index contributed by atoms with van der Waals surface area (Å²) in [6, 6.07) is 24.9. The normalized spacial score (nSPS) is 18.4. The van der Waals surface area contributed by atoms with E-state index in [-0.39, 0.29) is 12.5 Å². The van der Waals surface area contributed by atoms with E-state index >= 15 is 0 Å². The van der Waals surface area contributed by atoms with Crippen molar-refractivity contribution in [2.75, 3.05) is 20.3 Å². The standard InChI is InChI=1S/C31H35N3O5/c1-23-31(19-8-12-24-10-4-3-5-11-24,30(36)34-32-22-26-13-6-7-14-28(26)37-2)33-29(39-23)25-15-17-27(18-16-25)38-21-9-20-35/h3-8,10-18,23,32,35H,9,19-22H2,1-2H3,(H,34,36)/b12-8+/t23-,31-/m0/s1. The van der Waals surface area contributed by atoms with Gasteiger partial charge >= 0.3 is 0 Å². The van der Waals surface area contributed by atoms with Crippen LogP contribution in [0, 0.1) is 0 Å². The number of ether oxygens (including phenoxy) is 3. The molecule has 0 saturated heterocycles. The molecule has 4 rings (SSSR count). The molecule has 0 bridgehead atoms. The summed E-state index contributed by atoms with van der Waals surface area (Å²) in [4.78, 5) is 18.5. The molecule has 204 valence electrons. The van der Waals surface area contributed by atoms with E-state index in [1.807, 2.05) is 97.9 Å². The quantitative estimate of drug-likeness (QED) is 0.226. The summed E-state index contributed by atoms with van der Waals surface area (Å²) in [5, 5.41) is 8.95. The van der Waals surface area contributed by atoms with Crippen LogP contribution in [-0.2, 0) is 16.1 Å². The number of nitrogens with zero attached hydrogens (tertiary/aromatic N) is 1. The van der Waals surface area contributed by atoms with Gasteiger partial charge in [-0.3, -0.25) is 10.2 Å². The Hall–Kier alpha value is -4.14. The van der Waals surface area contributed by atoms with Gasteiger partial charge < -0.3 is 19.3 Å². The third-order valence-corrected chi connectivity index (χ3v) is 6.54. The number of carbonyl (C=O) groups excluding carboxylic acids is 1. The maximum atomic E-state index is 13.7. The number of hydrogen-bond acceptors (Lipinski definition) is 7. The highest BCUT2D eigenvalue weighted by Gasteiger charge is 2.49. The highest BCUT2D eigenvalue weighted by molar-refractivity contribution is 6.00. The predicted molar refractivity (Wildman–Crippen MR) is 152 cm³/mol. The van der Waals surface area contributed by atoms with Crippen molar-refractivity contribution in [1.29, 1.82) is 0 Å². The SMILES string of the molecule is COc1ccccc1CNNC(=O)[C@@]1(C/C=C/c2ccccc2)N=C(c2ccc(OCCCO)cc2)O[C@H]1C. The van der Waals surface area contributed by atoms with Gasteiger partial charge in [-0.1, -0.05) is 60.7 Å². The molecule has 1 aliphatic rings. The van der Waals surface area contributed by atoms with Gasteiger partial charge in [0.2, 0.25) is 5.90 Å². The number of nitrogens with one attached hydrogen (secondary N) is 2. The Morgan fingerprint density at radius 3 is 2.56 bits per heavy atom. The second-order valence-corrected chi connectivity index (χ2v) is 9.19. The van der Waals surface area contributed by atoms with Crippen LogP contribution < -0.4 is 20.3 Å². The van der Waals surface area contributed by atoms with Crippen molar-refractivity contribution >= 4 is 17.9 Å². The molecule has 3 N–H and O–H groups in total. The molecule has 8 nitrogen and oxygen atoms in total. The predicted octanol–water partition coefficient (Wildman–Crippen LogP) is 4.29. The Balaban J connectivity index is 1.53. The molecule has 0 aromatic heterocycles. The summed E-state index contributed by atoms with van der Waals surface area (Å²) in [5.41, 5.74) is 7.41. The first-order chi connectivity index (χ1) is 19.1. The average molecular weight is 530 g/mol. The molecule has 2 atom stereocenters. The van der Waals surface area contributed by atoms with Gasteiger partial charge in [0.1, 0.15) is 17.6 Å². The molecule has 1 aliphatic heterocycles. The lowest BCUT2D eigenvalue weighted by molar-refractivity contribution is -0.129. The van der Waals surface area contributed by atoms with Crippen LogP contribution in [0.3, 0.4) is 0 Å². The summed E-state index contributed by atoms with van der Waals surface area (Å²) in [6.07, 6.45) is 4.34. The summed E-state index contributed by atoms with van der Waals surface area (Å²) in [6.45, 7) is 2.76. The molecule has 8 heteroatoms. The van der Waals surface area contributed by atoms with Gasteiger partial charge in [0.15, 0.2) is 5.54 Å². The summed E-state index contributed by atoms with van der Waals surface area (Å²) < 4.78 is 17.2. The summed E-state index contributed by atoms with van der Waals surface area (Å²) in [5.74, 6) is 1.54. The average Bonchev–Trinajstić information content (AvgIpc) is 3.31. The Morgan fingerprint density at radius 1 is 1.08 bits per heavy atom. The second kappa shape index (κ2) is 13.6. The Morgan fingerprint density at radius 2 is 1.82 bits per heavy atom. The molecular weight excluding hydrogens is 494 g/mol. The van der Waals surface area contributed by atoms with Crippen LogP contribution >= 0.6 is 0 Å². The lowest BCUT2D eigenvalue weighted by Gasteiger charge is -2.27.